The summed E-state index contributed by atoms with van der Waals surface area (Å²) in [6.07, 6.45) is 0. The summed E-state index contributed by atoms with van der Waals surface area (Å²) in [6.45, 7) is 4.69. The first-order valence-corrected chi connectivity index (χ1v) is 13.8. The van der Waals surface area contributed by atoms with Gasteiger partial charge in [-0.15, -0.1) is 0 Å². The number of imidazole rings is 2. The van der Waals surface area contributed by atoms with E-state index in [-0.39, 0.29) is 43.6 Å². The quantitative estimate of drug-likeness (QED) is 0.234. The van der Waals surface area contributed by atoms with Crippen molar-refractivity contribution in [2.45, 2.75) is 26.9 Å². The first-order valence-electron chi connectivity index (χ1n) is 11.5. The molecule has 2 aromatic heterocycles. The van der Waals surface area contributed by atoms with Gasteiger partial charge in [0.05, 0.1) is 31.0 Å². The Bertz CT molecular complexity index is 2010. The van der Waals surface area contributed by atoms with Crippen LogP contribution in [0.1, 0.15) is 13.8 Å². The third-order valence-electron chi connectivity index (χ3n) is 6.62. The zero-order valence-electron chi connectivity index (χ0n) is 19.5. The van der Waals surface area contributed by atoms with Crippen molar-refractivity contribution in [3.63, 3.8) is 0 Å². The SMILES string of the molecule is CCn1c(=O)[nH]c2cc3c(c(Br)c21)Oc1c(Cl)c2c(c(Cl)c1=N3)Oc1c(cc3[nH]c(=O)n(CC)c3c1Br)N=2. The first kappa shape index (κ1) is 24.0. The molecule has 2 N–H and O–H groups in total. The summed E-state index contributed by atoms with van der Waals surface area (Å²) in [5.74, 6) is 1.21. The highest BCUT2D eigenvalue weighted by molar-refractivity contribution is 9.11. The van der Waals surface area contributed by atoms with Gasteiger partial charge in [0.15, 0.2) is 23.0 Å². The van der Waals surface area contributed by atoms with Gasteiger partial charge in [0, 0.05) is 13.1 Å². The number of hydrogen-bond acceptors (Lipinski definition) is 6. The van der Waals surface area contributed by atoms with Crippen molar-refractivity contribution in [2.24, 2.45) is 9.98 Å². The summed E-state index contributed by atoms with van der Waals surface area (Å²) in [5.41, 5.74) is 2.92. The Labute approximate surface area is 238 Å². The van der Waals surface area contributed by atoms with Crippen LogP contribution in [0.4, 0.5) is 11.4 Å². The molecule has 2 aliphatic rings. The molecule has 0 aliphatic carbocycles. The van der Waals surface area contributed by atoms with Gasteiger partial charge in [-0.05, 0) is 57.8 Å². The number of nitrogens with one attached hydrogen (secondary N) is 2. The van der Waals surface area contributed by atoms with E-state index in [0.29, 0.717) is 67.0 Å². The maximum Gasteiger partial charge on any atom is 0.326 e. The van der Waals surface area contributed by atoms with Gasteiger partial charge in [-0.1, -0.05) is 23.2 Å². The van der Waals surface area contributed by atoms with E-state index in [9.17, 15) is 9.59 Å². The number of ether oxygens (including phenoxy) is 2. The average molecular weight is 681 g/mol. The van der Waals surface area contributed by atoms with E-state index < -0.39 is 0 Å². The van der Waals surface area contributed by atoms with E-state index >= 15 is 0 Å². The second-order valence-corrected chi connectivity index (χ2v) is 11.0. The number of aromatic amines is 2. The summed E-state index contributed by atoms with van der Waals surface area (Å²) in [4.78, 5) is 40.0. The molecule has 4 heterocycles. The number of nitrogens with zero attached hydrogens (tertiary/aromatic N) is 4. The van der Waals surface area contributed by atoms with Crippen LogP contribution < -0.4 is 31.6 Å². The molecular weight excluding hydrogens is 667 g/mol. The fourth-order valence-electron chi connectivity index (χ4n) is 4.92. The van der Waals surface area contributed by atoms with E-state index in [1.54, 1.807) is 21.3 Å². The van der Waals surface area contributed by atoms with Crippen LogP contribution in [0.2, 0.25) is 10.0 Å². The standard InChI is InChI=1S/C24H14Br2Cl2N6O4/c1-3-33-17-7(31-23(33)35)5-9-19(11(17)25)37-21-13(27)16-22(14(28)15(21)29-9)38-20-10(30-16)6-8-18(12(20)26)34(4-2)24(36)32-8/h5-6H,3-4H2,1-2H3,(H,31,35)(H,32,36). The Morgan fingerprint density at radius 3 is 1.53 bits per heavy atom. The minimum atomic E-state index is -0.241. The first-order chi connectivity index (χ1) is 18.2. The molecule has 192 valence electrons. The van der Waals surface area contributed by atoms with E-state index in [2.05, 4.69) is 41.8 Å². The van der Waals surface area contributed by atoms with Crippen molar-refractivity contribution in [3.05, 3.63) is 62.8 Å². The lowest BCUT2D eigenvalue weighted by Gasteiger charge is -2.22. The smallest absolute Gasteiger partial charge is 0.326 e. The predicted octanol–water partition coefficient (Wildman–Crippen LogP) is 5.96. The van der Waals surface area contributed by atoms with Crippen LogP contribution in [-0.2, 0) is 13.1 Å². The van der Waals surface area contributed by atoms with Gasteiger partial charge in [-0.3, -0.25) is 9.13 Å². The van der Waals surface area contributed by atoms with Crippen LogP contribution in [0.3, 0.4) is 0 Å². The number of rotatable bonds is 2. The second kappa shape index (κ2) is 8.22. The molecular formula is C24H14Br2Cl2N6O4. The van der Waals surface area contributed by atoms with Crippen molar-refractivity contribution in [2.75, 3.05) is 0 Å². The molecule has 5 aromatic rings. The molecule has 0 bridgehead atoms. The van der Waals surface area contributed by atoms with Crippen LogP contribution in [0.15, 0.2) is 40.7 Å². The normalized spacial score (nSPS) is 13.2. The van der Waals surface area contributed by atoms with Crippen molar-refractivity contribution >= 4 is 88.5 Å². The Morgan fingerprint density at radius 2 is 1.16 bits per heavy atom. The fraction of sp³-hybridized carbons (Fsp3) is 0.167. The molecule has 0 spiro atoms. The molecule has 38 heavy (non-hydrogen) atoms. The van der Waals surface area contributed by atoms with Crippen LogP contribution in [0.5, 0.6) is 23.0 Å². The van der Waals surface area contributed by atoms with Gasteiger partial charge in [-0.2, -0.15) is 0 Å². The number of fused-ring (bicyclic) bond motifs is 6. The summed E-state index contributed by atoms with van der Waals surface area (Å²) < 4.78 is 16.8. The Balaban J connectivity index is 1.50. The zero-order valence-corrected chi connectivity index (χ0v) is 24.2. The second-order valence-electron chi connectivity index (χ2n) is 8.63. The minimum Gasteiger partial charge on any atom is -0.450 e. The summed E-state index contributed by atoms with van der Waals surface area (Å²) in [7, 11) is 0. The van der Waals surface area contributed by atoms with Gasteiger partial charge in [0.1, 0.15) is 32.1 Å². The van der Waals surface area contributed by atoms with Crippen LogP contribution >= 0.6 is 55.1 Å². The monoisotopic (exact) mass is 678 g/mol. The molecule has 7 rings (SSSR count). The van der Waals surface area contributed by atoms with Gasteiger partial charge >= 0.3 is 11.4 Å². The molecule has 0 unspecified atom stereocenters. The van der Waals surface area contributed by atoms with Crippen molar-refractivity contribution in [1.82, 2.24) is 19.1 Å². The maximum absolute atomic E-state index is 12.4. The topological polar surface area (TPSA) is 119 Å². The molecule has 0 radical (unpaired) electrons. The van der Waals surface area contributed by atoms with Crippen molar-refractivity contribution in [3.8, 4) is 23.0 Å². The molecule has 0 amide bonds. The zero-order chi connectivity index (χ0) is 26.6. The van der Waals surface area contributed by atoms with E-state index in [4.69, 9.17) is 42.7 Å². The Kier molecular flexibility index (Phi) is 5.19. The van der Waals surface area contributed by atoms with Gasteiger partial charge < -0.3 is 19.4 Å². The number of H-pyrrole nitrogens is 2. The highest BCUT2D eigenvalue weighted by atomic mass is 79.9. The molecule has 10 nitrogen and oxygen atoms in total. The molecule has 14 heteroatoms. The lowest BCUT2D eigenvalue weighted by molar-refractivity contribution is 0.449. The minimum absolute atomic E-state index is 0.157. The van der Waals surface area contributed by atoms with Crippen LogP contribution in [-0.4, -0.2) is 19.1 Å². The number of aryl methyl sites for hydroxylation is 2. The largest absolute Gasteiger partial charge is 0.450 e. The van der Waals surface area contributed by atoms with Gasteiger partial charge in [0.25, 0.3) is 0 Å². The van der Waals surface area contributed by atoms with E-state index in [1.165, 1.54) is 0 Å². The molecule has 0 saturated heterocycles. The molecule has 2 aliphatic heterocycles. The molecule has 0 atom stereocenters. The highest BCUT2D eigenvalue weighted by Crippen LogP contribution is 2.49. The van der Waals surface area contributed by atoms with E-state index in [0.717, 1.165) is 0 Å². The summed E-state index contributed by atoms with van der Waals surface area (Å²) in [5, 5.41) is 0.859. The Hall–Kier alpha value is -3.06. The Morgan fingerprint density at radius 1 is 0.763 bits per heavy atom. The van der Waals surface area contributed by atoms with Crippen LogP contribution in [0.25, 0.3) is 22.1 Å². The molecule has 0 fully saturated rings. The van der Waals surface area contributed by atoms with Gasteiger partial charge in [-0.25, -0.2) is 19.6 Å². The summed E-state index contributed by atoms with van der Waals surface area (Å²) >= 11 is 20.8. The number of benzene rings is 3. The summed E-state index contributed by atoms with van der Waals surface area (Å²) in [6, 6.07) is 3.44. The van der Waals surface area contributed by atoms with Gasteiger partial charge in [0.2, 0.25) is 0 Å². The lowest BCUT2D eigenvalue weighted by atomic mass is 10.2. The average Bonchev–Trinajstić information content (AvgIpc) is 3.40. The maximum atomic E-state index is 12.4. The third-order valence-corrected chi connectivity index (χ3v) is 8.79. The van der Waals surface area contributed by atoms with Crippen molar-refractivity contribution < 1.29 is 9.47 Å². The lowest BCUT2D eigenvalue weighted by Crippen LogP contribution is -2.22. The van der Waals surface area contributed by atoms with Crippen LogP contribution in [0, 0.1) is 0 Å². The number of halogens is 4. The van der Waals surface area contributed by atoms with E-state index in [1.807, 2.05) is 13.8 Å². The predicted molar refractivity (Wildman–Crippen MR) is 150 cm³/mol. The highest BCUT2D eigenvalue weighted by Gasteiger charge is 2.31. The molecule has 3 aromatic carbocycles. The fourth-order valence-corrected chi connectivity index (χ4v) is 6.86. The van der Waals surface area contributed by atoms with Crippen molar-refractivity contribution in [1.29, 1.82) is 0 Å². The number of aromatic nitrogens is 4. The molecule has 0 saturated carbocycles. The number of hydrogen-bond donors (Lipinski definition) is 2. The third kappa shape index (κ3) is 3.05.